The molecule has 1 aromatic carbocycles. The normalized spacial score (nSPS) is 8.75. The molecule has 0 aromatic heterocycles. The first kappa shape index (κ1) is 8.65. The Balaban J connectivity index is 3.03. The summed E-state index contributed by atoms with van der Waals surface area (Å²) in [5.74, 6) is 0. The van der Waals surface area contributed by atoms with Crippen molar-refractivity contribution in [3.63, 3.8) is 0 Å². The highest BCUT2D eigenvalue weighted by Gasteiger charge is 1.95. The van der Waals surface area contributed by atoms with Gasteiger partial charge in [0.25, 0.3) is 0 Å². The van der Waals surface area contributed by atoms with Gasteiger partial charge in [-0.05, 0) is 23.2 Å². The third-order valence-corrected chi connectivity index (χ3v) is 1.56. The van der Waals surface area contributed by atoms with E-state index in [9.17, 15) is 0 Å². The maximum atomic E-state index is 8.13. The van der Waals surface area contributed by atoms with Crippen molar-refractivity contribution in [3.05, 3.63) is 51.9 Å². The molecule has 12 heavy (non-hydrogen) atoms. The molecule has 4 heteroatoms. The van der Waals surface area contributed by atoms with E-state index >= 15 is 0 Å². The summed E-state index contributed by atoms with van der Waals surface area (Å²) in [5.41, 5.74) is 9.24. The smallest absolute Gasteiger partial charge is 0.0412 e. The fraction of sp³-hybridized carbons (Fsp3) is 0. The highest BCUT2D eigenvalue weighted by Crippen LogP contribution is 2.17. The predicted octanol–water partition coefficient (Wildman–Crippen LogP) is 3.62. The number of hydrogen-bond acceptors (Lipinski definition) is 1. The number of halogens is 1. The lowest BCUT2D eigenvalue weighted by Gasteiger charge is -1.97. The zero-order valence-corrected chi connectivity index (χ0v) is 6.99. The molecule has 1 rings (SSSR count). The van der Waals surface area contributed by atoms with Gasteiger partial charge in [-0.3, -0.25) is 0 Å². The third-order valence-electron chi connectivity index (χ3n) is 1.32. The van der Waals surface area contributed by atoms with Crippen LogP contribution in [0.25, 0.3) is 16.1 Å². The SMILES string of the molecule is C=C(N=[N+]=[N-])c1cccc(Cl)c1. The van der Waals surface area contributed by atoms with Crippen LogP contribution in [-0.4, -0.2) is 0 Å². The van der Waals surface area contributed by atoms with Gasteiger partial charge in [-0.15, -0.1) is 0 Å². The molecule has 0 saturated carbocycles. The van der Waals surface area contributed by atoms with Gasteiger partial charge in [-0.25, -0.2) is 0 Å². The first-order valence-corrected chi connectivity index (χ1v) is 3.62. The summed E-state index contributed by atoms with van der Waals surface area (Å²) in [6, 6.07) is 6.99. The predicted molar refractivity (Wildman–Crippen MR) is 49.6 cm³/mol. The first-order chi connectivity index (χ1) is 5.74. The molecule has 0 aliphatic rings. The Morgan fingerprint density at radius 3 is 2.92 bits per heavy atom. The minimum atomic E-state index is 0.375. The fourth-order valence-corrected chi connectivity index (χ4v) is 0.970. The summed E-state index contributed by atoms with van der Waals surface area (Å²) in [6.45, 7) is 3.58. The monoisotopic (exact) mass is 179 g/mol. The van der Waals surface area contributed by atoms with Crippen molar-refractivity contribution >= 4 is 17.3 Å². The molecule has 0 aliphatic carbocycles. The van der Waals surface area contributed by atoms with Gasteiger partial charge in [0, 0.05) is 15.6 Å². The van der Waals surface area contributed by atoms with Gasteiger partial charge in [0.15, 0.2) is 0 Å². The Kier molecular flexibility index (Phi) is 2.75. The lowest BCUT2D eigenvalue weighted by atomic mass is 10.2. The molecule has 0 amide bonds. The maximum Gasteiger partial charge on any atom is 0.0412 e. The van der Waals surface area contributed by atoms with Crippen molar-refractivity contribution in [3.8, 4) is 0 Å². The van der Waals surface area contributed by atoms with Crippen LogP contribution in [0.5, 0.6) is 0 Å². The molecule has 0 saturated heterocycles. The van der Waals surface area contributed by atoms with Crippen molar-refractivity contribution in [1.29, 1.82) is 0 Å². The quantitative estimate of drug-likeness (QED) is 0.378. The number of benzene rings is 1. The largest absolute Gasteiger partial charge is 0.0889 e. The van der Waals surface area contributed by atoms with E-state index in [1.807, 2.05) is 0 Å². The summed E-state index contributed by atoms with van der Waals surface area (Å²) in [6.07, 6.45) is 0. The molecule has 60 valence electrons. The Morgan fingerprint density at radius 1 is 1.58 bits per heavy atom. The van der Waals surface area contributed by atoms with Gasteiger partial charge in [0.05, 0.1) is 0 Å². The van der Waals surface area contributed by atoms with Gasteiger partial charge in [-0.2, -0.15) is 0 Å². The summed E-state index contributed by atoms with van der Waals surface area (Å²) in [5, 5.41) is 3.96. The molecule has 0 spiro atoms. The Hall–Kier alpha value is -1.44. The average molecular weight is 180 g/mol. The molecule has 0 atom stereocenters. The van der Waals surface area contributed by atoms with E-state index in [-0.39, 0.29) is 0 Å². The Labute approximate surface area is 74.9 Å². The fourth-order valence-electron chi connectivity index (χ4n) is 0.780. The first-order valence-electron chi connectivity index (χ1n) is 3.24. The number of azide groups is 1. The summed E-state index contributed by atoms with van der Waals surface area (Å²) < 4.78 is 0. The lowest BCUT2D eigenvalue weighted by molar-refractivity contribution is 1.48. The molecule has 0 bridgehead atoms. The molecule has 0 radical (unpaired) electrons. The maximum absolute atomic E-state index is 8.13. The summed E-state index contributed by atoms with van der Waals surface area (Å²) in [7, 11) is 0. The van der Waals surface area contributed by atoms with E-state index in [1.165, 1.54) is 0 Å². The van der Waals surface area contributed by atoms with Crippen LogP contribution in [-0.2, 0) is 0 Å². The van der Waals surface area contributed by atoms with Crippen LogP contribution < -0.4 is 0 Å². The summed E-state index contributed by atoms with van der Waals surface area (Å²) >= 11 is 5.71. The molecule has 3 nitrogen and oxygen atoms in total. The summed E-state index contributed by atoms with van der Waals surface area (Å²) in [4.78, 5) is 2.62. The number of rotatable bonds is 2. The van der Waals surface area contributed by atoms with Crippen molar-refractivity contribution in [1.82, 2.24) is 0 Å². The molecule has 0 fully saturated rings. The molecule has 0 unspecified atom stereocenters. The number of nitrogens with zero attached hydrogens (tertiary/aromatic N) is 3. The van der Waals surface area contributed by atoms with Gasteiger partial charge in [0.1, 0.15) is 0 Å². The van der Waals surface area contributed by atoms with Crippen LogP contribution in [0.15, 0.2) is 36.0 Å². The van der Waals surface area contributed by atoms with E-state index < -0.39 is 0 Å². The van der Waals surface area contributed by atoms with Crippen LogP contribution >= 0.6 is 11.6 Å². The second kappa shape index (κ2) is 3.81. The molecule has 0 heterocycles. The molecule has 1 aromatic rings. The molecule has 0 N–H and O–H groups in total. The van der Waals surface area contributed by atoms with E-state index in [0.717, 1.165) is 5.56 Å². The minimum absolute atomic E-state index is 0.375. The topological polar surface area (TPSA) is 48.8 Å². The number of hydrogen-bond donors (Lipinski definition) is 0. The highest BCUT2D eigenvalue weighted by atomic mass is 35.5. The average Bonchev–Trinajstić information content (AvgIpc) is 2.05. The standard InChI is InChI=1S/C8H6ClN3/c1-6(11-12-10)7-3-2-4-8(9)5-7/h2-5H,1H2. The Bertz CT molecular complexity index is 353. The zero-order chi connectivity index (χ0) is 8.97. The van der Waals surface area contributed by atoms with Gasteiger partial charge in [-0.1, -0.05) is 35.4 Å². The molecular weight excluding hydrogens is 174 g/mol. The van der Waals surface area contributed by atoms with E-state index in [1.54, 1.807) is 24.3 Å². The van der Waals surface area contributed by atoms with E-state index in [2.05, 4.69) is 16.6 Å². The Morgan fingerprint density at radius 2 is 2.33 bits per heavy atom. The van der Waals surface area contributed by atoms with E-state index in [4.69, 9.17) is 17.1 Å². The molecule has 0 aliphatic heterocycles. The van der Waals surface area contributed by atoms with Crippen LogP contribution in [0.1, 0.15) is 5.56 Å². The van der Waals surface area contributed by atoms with Gasteiger partial charge < -0.3 is 0 Å². The zero-order valence-electron chi connectivity index (χ0n) is 6.24. The van der Waals surface area contributed by atoms with Crippen molar-refractivity contribution < 1.29 is 0 Å². The van der Waals surface area contributed by atoms with Crippen LogP contribution in [0.4, 0.5) is 0 Å². The van der Waals surface area contributed by atoms with Crippen LogP contribution in [0, 0.1) is 0 Å². The second-order valence-electron chi connectivity index (χ2n) is 2.15. The lowest BCUT2D eigenvalue weighted by Crippen LogP contribution is -1.76. The van der Waals surface area contributed by atoms with Crippen molar-refractivity contribution in [2.45, 2.75) is 0 Å². The van der Waals surface area contributed by atoms with Crippen LogP contribution in [0.3, 0.4) is 0 Å². The van der Waals surface area contributed by atoms with Gasteiger partial charge in [0.2, 0.25) is 0 Å². The van der Waals surface area contributed by atoms with Crippen molar-refractivity contribution in [2.75, 3.05) is 0 Å². The highest BCUT2D eigenvalue weighted by molar-refractivity contribution is 6.30. The van der Waals surface area contributed by atoms with Crippen LogP contribution in [0.2, 0.25) is 5.02 Å². The second-order valence-corrected chi connectivity index (χ2v) is 2.58. The molecular formula is C8H6ClN3. The van der Waals surface area contributed by atoms with Crippen molar-refractivity contribution in [2.24, 2.45) is 5.11 Å². The van der Waals surface area contributed by atoms with E-state index in [0.29, 0.717) is 10.7 Å². The third kappa shape index (κ3) is 2.02. The minimum Gasteiger partial charge on any atom is -0.0889 e. The van der Waals surface area contributed by atoms with Gasteiger partial charge >= 0.3 is 0 Å².